The first-order valence-corrected chi connectivity index (χ1v) is 8.50. The fraction of sp³-hybridized carbons (Fsp3) is 0.235. The van der Waals surface area contributed by atoms with Crippen molar-refractivity contribution < 1.29 is 18.3 Å². The Morgan fingerprint density at radius 2 is 1.50 bits per heavy atom. The summed E-state index contributed by atoms with van der Waals surface area (Å²) >= 11 is 0. The fourth-order valence-corrected chi connectivity index (χ4v) is 3.36. The van der Waals surface area contributed by atoms with Crippen LogP contribution in [0.1, 0.15) is 35.9 Å². The second kappa shape index (κ2) is 6.42. The van der Waals surface area contributed by atoms with E-state index in [2.05, 4.69) is 0 Å². The van der Waals surface area contributed by atoms with Gasteiger partial charge in [-0.15, -0.1) is 0 Å². The minimum atomic E-state index is -3.60. The van der Waals surface area contributed by atoms with Gasteiger partial charge in [0.2, 0.25) is 0 Å². The monoisotopic (exact) mass is 318 g/mol. The standard InChI is InChI=1S/C17H18O4S/c1-12(2)22(20,21)15-11-7-6-10-14(15)17(19)16(18)13-8-4-3-5-9-13/h3-12,16,18H,1-2H3. The second-order valence-corrected chi connectivity index (χ2v) is 7.74. The van der Waals surface area contributed by atoms with Crippen molar-refractivity contribution in [2.24, 2.45) is 0 Å². The Kier molecular flexibility index (Phi) is 4.78. The van der Waals surface area contributed by atoms with Crippen LogP contribution in [0.4, 0.5) is 0 Å². The van der Waals surface area contributed by atoms with Gasteiger partial charge in [0.15, 0.2) is 15.6 Å². The zero-order chi connectivity index (χ0) is 16.3. The molecule has 0 aromatic heterocycles. The summed E-state index contributed by atoms with van der Waals surface area (Å²) < 4.78 is 24.8. The molecule has 0 aliphatic carbocycles. The minimum Gasteiger partial charge on any atom is -0.380 e. The van der Waals surface area contributed by atoms with Crippen molar-refractivity contribution in [3.8, 4) is 0 Å². The van der Waals surface area contributed by atoms with Crippen LogP contribution in [0.25, 0.3) is 0 Å². The molecular weight excluding hydrogens is 300 g/mol. The fourth-order valence-electron chi connectivity index (χ4n) is 2.11. The summed E-state index contributed by atoms with van der Waals surface area (Å²) in [7, 11) is -3.60. The highest BCUT2D eigenvalue weighted by Gasteiger charge is 2.28. The number of hydrogen-bond acceptors (Lipinski definition) is 4. The molecule has 0 saturated heterocycles. The van der Waals surface area contributed by atoms with Crippen LogP contribution in [0.3, 0.4) is 0 Å². The van der Waals surface area contributed by atoms with Crippen LogP contribution in [0.2, 0.25) is 0 Å². The summed E-state index contributed by atoms with van der Waals surface area (Å²) in [4.78, 5) is 12.5. The summed E-state index contributed by atoms with van der Waals surface area (Å²) in [5.41, 5.74) is 0.455. The van der Waals surface area contributed by atoms with E-state index in [1.807, 2.05) is 0 Å². The van der Waals surface area contributed by atoms with Gasteiger partial charge >= 0.3 is 0 Å². The Morgan fingerprint density at radius 1 is 0.955 bits per heavy atom. The smallest absolute Gasteiger partial charge is 0.197 e. The molecule has 0 saturated carbocycles. The van der Waals surface area contributed by atoms with Crippen molar-refractivity contribution >= 4 is 15.6 Å². The van der Waals surface area contributed by atoms with Gasteiger partial charge < -0.3 is 5.11 Å². The first-order chi connectivity index (χ1) is 10.4. The summed E-state index contributed by atoms with van der Waals surface area (Å²) in [6.45, 7) is 3.12. The molecular formula is C17H18O4S. The zero-order valence-electron chi connectivity index (χ0n) is 12.4. The highest BCUT2D eigenvalue weighted by Crippen LogP contribution is 2.25. The maximum atomic E-state index is 12.5. The lowest BCUT2D eigenvalue weighted by molar-refractivity contribution is 0.0744. The van der Waals surface area contributed by atoms with Gasteiger partial charge in [0, 0.05) is 5.56 Å². The minimum absolute atomic E-state index is 0.0209. The SMILES string of the molecule is CC(C)S(=O)(=O)c1ccccc1C(=O)C(O)c1ccccc1. The van der Waals surface area contributed by atoms with Crippen LogP contribution in [-0.2, 0) is 9.84 Å². The topological polar surface area (TPSA) is 71.4 Å². The third-order valence-electron chi connectivity index (χ3n) is 3.44. The van der Waals surface area contributed by atoms with Gasteiger partial charge in [0.1, 0.15) is 6.10 Å². The van der Waals surface area contributed by atoms with Gasteiger partial charge in [0.05, 0.1) is 10.1 Å². The van der Waals surface area contributed by atoms with Gasteiger partial charge in [-0.25, -0.2) is 8.42 Å². The van der Waals surface area contributed by atoms with Crippen LogP contribution >= 0.6 is 0 Å². The van der Waals surface area contributed by atoms with E-state index in [1.165, 1.54) is 12.1 Å². The molecule has 0 amide bonds. The molecule has 116 valence electrons. The lowest BCUT2D eigenvalue weighted by Crippen LogP contribution is -2.20. The highest BCUT2D eigenvalue weighted by atomic mass is 32.2. The average molecular weight is 318 g/mol. The Hall–Kier alpha value is -1.98. The number of ketones is 1. The van der Waals surface area contributed by atoms with Gasteiger partial charge in [-0.2, -0.15) is 0 Å². The molecule has 0 radical (unpaired) electrons. The summed E-state index contributed by atoms with van der Waals surface area (Å²) in [6.07, 6.45) is -1.38. The molecule has 1 N–H and O–H groups in total. The van der Waals surface area contributed by atoms with Crippen LogP contribution < -0.4 is 0 Å². The predicted octanol–water partition coefficient (Wildman–Crippen LogP) is 2.79. The Balaban J connectivity index is 2.48. The molecule has 0 spiro atoms. The Morgan fingerprint density at radius 3 is 2.09 bits per heavy atom. The summed E-state index contributed by atoms with van der Waals surface area (Å²) in [5.74, 6) is -0.619. The van der Waals surface area contributed by atoms with Crippen molar-refractivity contribution in [1.82, 2.24) is 0 Å². The molecule has 22 heavy (non-hydrogen) atoms. The van der Waals surface area contributed by atoms with Crippen LogP contribution in [0.5, 0.6) is 0 Å². The third kappa shape index (κ3) is 3.10. The molecule has 0 aliphatic heterocycles. The van der Waals surface area contributed by atoms with E-state index in [0.29, 0.717) is 5.56 Å². The van der Waals surface area contributed by atoms with E-state index >= 15 is 0 Å². The molecule has 1 unspecified atom stereocenters. The molecule has 0 aliphatic rings. The van der Waals surface area contributed by atoms with Crippen molar-refractivity contribution in [3.63, 3.8) is 0 Å². The number of Topliss-reactive ketones (excluding diaryl/α,β-unsaturated/α-hetero) is 1. The molecule has 2 aromatic rings. The van der Waals surface area contributed by atoms with E-state index in [9.17, 15) is 18.3 Å². The quantitative estimate of drug-likeness (QED) is 0.861. The van der Waals surface area contributed by atoms with Gasteiger partial charge in [0.25, 0.3) is 0 Å². The van der Waals surface area contributed by atoms with E-state index < -0.39 is 27.0 Å². The third-order valence-corrected chi connectivity index (χ3v) is 5.65. The number of rotatable bonds is 5. The molecule has 0 bridgehead atoms. The molecule has 4 nitrogen and oxygen atoms in total. The first-order valence-electron chi connectivity index (χ1n) is 6.96. The maximum Gasteiger partial charge on any atom is 0.197 e. The molecule has 5 heteroatoms. The second-order valence-electron chi connectivity index (χ2n) is 5.27. The van der Waals surface area contributed by atoms with Crippen LogP contribution in [0, 0.1) is 0 Å². The average Bonchev–Trinajstić information content (AvgIpc) is 2.54. The summed E-state index contributed by atoms with van der Waals surface area (Å²) in [6, 6.07) is 14.4. The van der Waals surface area contributed by atoms with Crippen molar-refractivity contribution in [3.05, 3.63) is 65.7 Å². The van der Waals surface area contributed by atoms with Gasteiger partial charge in [-0.3, -0.25) is 4.79 Å². The molecule has 2 rings (SSSR count). The number of hydrogen-bond donors (Lipinski definition) is 1. The van der Waals surface area contributed by atoms with Gasteiger partial charge in [-0.05, 0) is 31.5 Å². The molecule has 0 heterocycles. The van der Waals surface area contributed by atoms with Gasteiger partial charge in [-0.1, -0.05) is 42.5 Å². The lowest BCUT2D eigenvalue weighted by atomic mass is 10.00. The summed E-state index contributed by atoms with van der Waals surface area (Å²) in [5, 5.41) is 9.58. The number of sulfone groups is 1. The van der Waals surface area contributed by atoms with Crippen molar-refractivity contribution in [1.29, 1.82) is 0 Å². The molecule has 1 atom stereocenters. The van der Waals surface area contributed by atoms with Crippen molar-refractivity contribution in [2.75, 3.05) is 0 Å². The van der Waals surface area contributed by atoms with Crippen LogP contribution in [-0.4, -0.2) is 24.6 Å². The highest BCUT2D eigenvalue weighted by molar-refractivity contribution is 7.92. The van der Waals surface area contributed by atoms with E-state index in [-0.39, 0.29) is 10.5 Å². The normalized spacial score (nSPS) is 13.1. The first kappa shape index (κ1) is 16.4. The largest absolute Gasteiger partial charge is 0.380 e. The number of carbonyl (C=O) groups excluding carboxylic acids is 1. The molecule has 0 fully saturated rings. The van der Waals surface area contributed by atoms with E-state index in [0.717, 1.165) is 0 Å². The number of aliphatic hydroxyl groups excluding tert-OH is 1. The Bertz CT molecular complexity index is 764. The number of aliphatic hydroxyl groups is 1. The molecule has 2 aromatic carbocycles. The zero-order valence-corrected chi connectivity index (χ0v) is 13.2. The van der Waals surface area contributed by atoms with E-state index in [1.54, 1.807) is 56.3 Å². The van der Waals surface area contributed by atoms with Crippen molar-refractivity contribution in [2.45, 2.75) is 30.1 Å². The number of benzene rings is 2. The number of carbonyl (C=O) groups is 1. The van der Waals surface area contributed by atoms with E-state index in [4.69, 9.17) is 0 Å². The maximum absolute atomic E-state index is 12.5. The predicted molar refractivity (Wildman–Crippen MR) is 84.5 cm³/mol. The Labute approximate surface area is 130 Å². The van der Waals surface area contributed by atoms with Crippen LogP contribution in [0.15, 0.2) is 59.5 Å². The lowest BCUT2D eigenvalue weighted by Gasteiger charge is -2.15.